The van der Waals surface area contributed by atoms with Gasteiger partial charge in [-0.05, 0) is 61.0 Å². The minimum Gasteiger partial charge on any atom is -0.271 e. The number of rotatable bonds is 7. The molecule has 0 aromatic heterocycles. The Morgan fingerprint density at radius 1 is 0.935 bits per heavy atom. The van der Waals surface area contributed by atoms with E-state index in [1.165, 1.54) is 30.5 Å². The molecule has 0 saturated heterocycles. The molecule has 1 N–H and O–H groups in total. The molecule has 0 aliphatic carbocycles. The molecule has 160 valence electrons. The monoisotopic (exact) mass is 443 g/mol. The molecule has 3 aromatic rings. The minimum atomic E-state index is -4.15. The highest BCUT2D eigenvalue weighted by Crippen LogP contribution is 2.24. The molecule has 0 bridgehead atoms. The number of hydrogen-bond acceptors (Lipinski definition) is 4. The summed E-state index contributed by atoms with van der Waals surface area (Å²) >= 11 is 0. The van der Waals surface area contributed by atoms with Crippen molar-refractivity contribution in [2.75, 3.05) is 10.8 Å². The van der Waals surface area contributed by atoms with Gasteiger partial charge in [0.2, 0.25) is 0 Å². The largest absolute Gasteiger partial charge is 0.271 e. The van der Waals surface area contributed by atoms with E-state index in [4.69, 9.17) is 0 Å². The number of anilines is 1. The summed E-state index contributed by atoms with van der Waals surface area (Å²) in [6.45, 7) is 1.29. The number of benzene rings is 3. The van der Waals surface area contributed by atoms with Crippen molar-refractivity contribution in [3.8, 4) is 0 Å². The zero-order valence-electron chi connectivity index (χ0n) is 16.5. The molecule has 0 saturated carbocycles. The van der Waals surface area contributed by atoms with Crippen molar-refractivity contribution in [3.05, 3.63) is 95.6 Å². The number of aryl methyl sites for hydroxylation is 1. The summed E-state index contributed by atoms with van der Waals surface area (Å²) in [7, 11) is -4.15. The van der Waals surface area contributed by atoms with Gasteiger partial charge in [-0.2, -0.15) is 5.10 Å². The van der Waals surface area contributed by atoms with Crippen LogP contribution in [0.1, 0.15) is 11.1 Å². The lowest BCUT2D eigenvalue weighted by Crippen LogP contribution is -2.39. The van der Waals surface area contributed by atoms with Gasteiger partial charge in [-0.25, -0.2) is 22.6 Å². The molecule has 0 radical (unpaired) electrons. The van der Waals surface area contributed by atoms with Gasteiger partial charge >= 0.3 is 0 Å². The lowest BCUT2D eigenvalue weighted by atomic mass is 10.2. The Hall–Kier alpha value is -3.59. The maximum atomic E-state index is 13.2. The highest BCUT2D eigenvalue weighted by Gasteiger charge is 2.27. The maximum Gasteiger partial charge on any atom is 0.264 e. The Bertz CT molecular complexity index is 1180. The van der Waals surface area contributed by atoms with Crippen LogP contribution in [0.5, 0.6) is 0 Å². The van der Waals surface area contributed by atoms with Crippen LogP contribution in [0, 0.1) is 18.6 Å². The van der Waals surface area contributed by atoms with E-state index >= 15 is 0 Å². The highest BCUT2D eigenvalue weighted by molar-refractivity contribution is 7.92. The summed E-state index contributed by atoms with van der Waals surface area (Å²) < 4.78 is 53.4. The molecule has 0 aliphatic rings. The summed E-state index contributed by atoms with van der Waals surface area (Å²) in [6.07, 6.45) is 1.31. The number of carbonyl (C=O) groups excluding carboxylic acids is 1. The van der Waals surface area contributed by atoms with Crippen molar-refractivity contribution in [3.63, 3.8) is 0 Å². The van der Waals surface area contributed by atoms with Gasteiger partial charge in [0, 0.05) is 0 Å². The molecular formula is C22H19F2N3O3S. The average molecular weight is 443 g/mol. The second-order valence-electron chi connectivity index (χ2n) is 6.65. The van der Waals surface area contributed by atoms with Gasteiger partial charge in [0.15, 0.2) is 0 Å². The third-order valence-electron chi connectivity index (χ3n) is 4.28. The van der Waals surface area contributed by atoms with E-state index in [9.17, 15) is 22.0 Å². The Morgan fingerprint density at radius 2 is 1.48 bits per heavy atom. The Balaban J connectivity index is 1.82. The lowest BCUT2D eigenvalue weighted by molar-refractivity contribution is -0.119. The van der Waals surface area contributed by atoms with Crippen molar-refractivity contribution in [2.24, 2.45) is 5.10 Å². The van der Waals surface area contributed by atoms with E-state index < -0.39 is 34.1 Å². The van der Waals surface area contributed by atoms with E-state index in [0.29, 0.717) is 5.56 Å². The van der Waals surface area contributed by atoms with Gasteiger partial charge in [0.25, 0.3) is 15.9 Å². The number of hydrazone groups is 1. The van der Waals surface area contributed by atoms with E-state index in [2.05, 4.69) is 10.5 Å². The maximum absolute atomic E-state index is 13.2. The summed E-state index contributed by atoms with van der Waals surface area (Å²) in [5.41, 5.74) is 4.00. The van der Waals surface area contributed by atoms with Crippen molar-refractivity contribution < 1.29 is 22.0 Å². The first-order chi connectivity index (χ1) is 14.8. The van der Waals surface area contributed by atoms with Crippen LogP contribution in [0.25, 0.3) is 0 Å². The first-order valence-corrected chi connectivity index (χ1v) is 10.6. The van der Waals surface area contributed by atoms with Crippen molar-refractivity contribution >= 4 is 27.8 Å². The standard InChI is InChI=1S/C22H19F2N3O3S/c1-16-2-10-20(11-3-16)27(31(29,30)21-12-8-19(24)9-13-21)15-22(28)26-25-14-17-4-6-18(23)7-5-17/h2-14H,15H2,1H3,(H,26,28)/b25-14+. The second kappa shape index (κ2) is 9.48. The van der Waals surface area contributed by atoms with Crippen LogP contribution in [0.4, 0.5) is 14.5 Å². The molecule has 3 aromatic carbocycles. The Labute approximate surface area is 178 Å². The smallest absolute Gasteiger partial charge is 0.264 e. The van der Waals surface area contributed by atoms with Crippen LogP contribution in [-0.2, 0) is 14.8 Å². The van der Waals surface area contributed by atoms with Crippen molar-refractivity contribution in [1.29, 1.82) is 0 Å². The molecule has 0 heterocycles. The SMILES string of the molecule is Cc1ccc(N(CC(=O)N/N=C/c2ccc(F)cc2)S(=O)(=O)c2ccc(F)cc2)cc1. The zero-order valence-corrected chi connectivity index (χ0v) is 17.3. The number of sulfonamides is 1. The van der Waals surface area contributed by atoms with Gasteiger partial charge in [-0.15, -0.1) is 0 Å². The summed E-state index contributed by atoms with van der Waals surface area (Å²) in [5.74, 6) is -1.67. The van der Waals surface area contributed by atoms with E-state index in [-0.39, 0.29) is 10.6 Å². The highest BCUT2D eigenvalue weighted by atomic mass is 32.2. The fourth-order valence-corrected chi connectivity index (χ4v) is 4.07. The summed E-state index contributed by atoms with van der Waals surface area (Å²) in [4.78, 5) is 12.3. The molecule has 6 nitrogen and oxygen atoms in total. The molecule has 0 spiro atoms. The quantitative estimate of drug-likeness (QED) is 0.448. The second-order valence-corrected chi connectivity index (χ2v) is 8.51. The van der Waals surface area contributed by atoms with Gasteiger partial charge < -0.3 is 0 Å². The number of hydrogen-bond donors (Lipinski definition) is 1. The van der Waals surface area contributed by atoms with Crippen LogP contribution < -0.4 is 9.73 Å². The van der Waals surface area contributed by atoms with Crippen molar-refractivity contribution in [2.45, 2.75) is 11.8 Å². The van der Waals surface area contributed by atoms with Crippen LogP contribution in [0.3, 0.4) is 0 Å². The number of halogens is 2. The van der Waals surface area contributed by atoms with Gasteiger partial charge in [-0.3, -0.25) is 9.10 Å². The molecule has 3 rings (SSSR count). The third-order valence-corrected chi connectivity index (χ3v) is 6.07. The lowest BCUT2D eigenvalue weighted by Gasteiger charge is -2.23. The predicted octanol–water partition coefficient (Wildman–Crippen LogP) is 3.62. The van der Waals surface area contributed by atoms with Gasteiger partial charge in [0.1, 0.15) is 18.2 Å². The Kier molecular flexibility index (Phi) is 6.76. The van der Waals surface area contributed by atoms with Gasteiger partial charge in [-0.1, -0.05) is 29.8 Å². The molecule has 0 atom stereocenters. The summed E-state index contributed by atoms with van der Waals surface area (Å²) in [6, 6.07) is 16.4. The number of carbonyl (C=O) groups is 1. The predicted molar refractivity (Wildman–Crippen MR) is 114 cm³/mol. The summed E-state index contributed by atoms with van der Waals surface area (Å²) in [5, 5.41) is 3.78. The Morgan fingerprint density at radius 3 is 2.06 bits per heavy atom. The van der Waals surface area contributed by atoms with Crippen LogP contribution in [-0.4, -0.2) is 27.1 Å². The van der Waals surface area contributed by atoms with Crippen LogP contribution in [0.15, 0.2) is 82.8 Å². The van der Waals surface area contributed by atoms with Gasteiger partial charge in [0.05, 0.1) is 16.8 Å². The first-order valence-electron chi connectivity index (χ1n) is 9.18. The molecule has 31 heavy (non-hydrogen) atoms. The van der Waals surface area contributed by atoms with E-state index in [1.807, 2.05) is 6.92 Å². The van der Waals surface area contributed by atoms with Crippen LogP contribution in [0.2, 0.25) is 0 Å². The van der Waals surface area contributed by atoms with E-state index in [0.717, 1.165) is 34.1 Å². The fraction of sp³-hybridized carbons (Fsp3) is 0.0909. The number of nitrogens with one attached hydrogen (secondary N) is 1. The fourth-order valence-electron chi connectivity index (χ4n) is 2.65. The first kappa shape index (κ1) is 22.1. The molecule has 0 aliphatic heterocycles. The molecule has 9 heteroatoms. The molecule has 0 fully saturated rings. The zero-order chi connectivity index (χ0) is 22.4. The van der Waals surface area contributed by atoms with Crippen LogP contribution >= 0.6 is 0 Å². The third kappa shape index (κ3) is 5.73. The number of nitrogens with zero attached hydrogens (tertiary/aromatic N) is 2. The molecule has 0 unspecified atom stereocenters. The molecule has 1 amide bonds. The average Bonchev–Trinajstić information content (AvgIpc) is 2.74. The van der Waals surface area contributed by atoms with Crippen molar-refractivity contribution in [1.82, 2.24) is 5.43 Å². The topological polar surface area (TPSA) is 78.8 Å². The minimum absolute atomic E-state index is 0.155. The number of amides is 1. The molecular weight excluding hydrogens is 424 g/mol. The van der Waals surface area contributed by atoms with E-state index in [1.54, 1.807) is 24.3 Å². The normalized spacial score (nSPS) is 11.5.